The molecule has 0 spiro atoms. The van der Waals surface area contributed by atoms with Crippen molar-refractivity contribution in [3.63, 3.8) is 0 Å². The van der Waals surface area contributed by atoms with Crippen LogP contribution in [0.4, 0.5) is 5.82 Å². The van der Waals surface area contributed by atoms with Gasteiger partial charge in [-0.25, -0.2) is 9.78 Å². The summed E-state index contributed by atoms with van der Waals surface area (Å²) in [6.45, 7) is 1.91. The lowest BCUT2D eigenvalue weighted by Crippen LogP contribution is -2.11. The molecule has 3 aromatic rings. The molecule has 118 valence electrons. The number of hydrogen-bond acceptors (Lipinski definition) is 6. The quantitative estimate of drug-likeness (QED) is 0.744. The number of aryl methyl sites for hydroxylation is 1. The molecule has 0 atom stereocenters. The fraction of sp³-hybridized carbons (Fsp3) is 0.188. The van der Waals surface area contributed by atoms with E-state index in [1.807, 2.05) is 31.2 Å². The molecule has 0 bridgehead atoms. The van der Waals surface area contributed by atoms with E-state index in [9.17, 15) is 4.79 Å². The highest BCUT2D eigenvalue weighted by Gasteiger charge is 2.19. The first-order valence-corrected chi connectivity index (χ1v) is 6.93. The van der Waals surface area contributed by atoms with Crippen LogP contribution in [-0.4, -0.2) is 34.8 Å². The van der Waals surface area contributed by atoms with Crippen LogP contribution in [0.2, 0.25) is 0 Å². The van der Waals surface area contributed by atoms with Crippen molar-refractivity contribution in [3.8, 4) is 17.0 Å². The second-order valence-corrected chi connectivity index (χ2v) is 4.99. The lowest BCUT2D eigenvalue weighted by atomic mass is 10.1. The van der Waals surface area contributed by atoms with Crippen LogP contribution in [-0.2, 0) is 4.74 Å². The standard InChI is InChI=1S/C16H16N4O3/c1-9-13(10-4-6-11(22-2)7-5-10)19-20-14(17)12(16(21)23-3)8-18-15(9)20/h4-8H,17H2,1-3H3. The summed E-state index contributed by atoms with van der Waals surface area (Å²) in [6.07, 6.45) is 1.41. The normalized spacial score (nSPS) is 10.7. The van der Waals surface area contributed by atoms with Gasteiger partial charge in [0.25, 0.3) is 0 Å². The Kier molecular flexibility index (Phi) is 3.61. The minimum atomic E-state index is -0.545. The predicted molar refractivity (Wildman–Crippen MR) is 85.5 cm³/mol. The highest BCUT2D eigenvalue weighted by Crippen LogP contribution is 2.28. The fourth-order valence-electron chi connectivity index (χ4n) is 2.40. The van der Waals surface area contributed by atoms with Gasteiger partial charge < -0.3 is 15.2 Å². The molecule has 2 heterocycles. The Bertz CT molecular complexity index is 884. The Morgan fingerprint density at radius 3 is 2.52 bits per heavy atom. The molecule has 2 aromatic heterocycles. The molecule has 0 aliphatic heterocycles. The minimum Gasteiger partial charge on any atom is -0.497 e. The summed E-state index contributed by atoms with van der Waals surface area (Å²) < 4.78 is 11.3. The summed E-state index contributed by atoms with van der Waals surface area (Å²) in [5.74, 6) is 0.418. The van der Waals surface area contributed by atoms with E-state index < -0.39 is 5.97 Å². The lowest BCUT2D eigenvalue weighted by molar-refractivity contribution is 0.0601. The maximum atomic E-state index is 11.7. The van der Waals surface area contributed by atoms with E-state index in [2.05, 4.69) is 10.1 Å². The van der Waals surface area contributed by atoms with Crippen LogP contribution in [0.3, 0.4) is 0 Å². The van der Waals surface area contributed by atoms with E-state index in [1.54, 1.807) is 7.11 Å². The van der Waals surface area contributed by atoms with Crippen LogP contribution in [0.1, 0.15) is 15.9 Å². The number of nitrogens with two attached hydrogens (primary N) is 1. The Labute approximate surface area is 132 Å². The number of fused-ring (bicyclic) bond motifs is 1. The third-order valence-electron chi connectivity index (χ3n) is 3.68. The van der Waals surface area contributed by atoms with Crippen LogP contribution in [0, 0.1) is 6.92 Å². The van der Waals surface area contributed by atoms with Gasteiger partial charge >= 0.3 is 5.97 Å². The monoisotopic (exact) mass is 312 g/mol. The number of methoxy groups -OCH3 is 2. The molecule has 0 unspecified atom stereocenters. The molecule has 0 saturated carbocycles. The van der Waals surface area contributed by atoms with E-state index in [0.717, 1.165) is 22.6 Å². The zero-order chi connectivity index (χ0) is 16.6. The Morgan fingerprint density at radius 1 is 1.22 bits per heavy atom. The smallest absolute Gasteiger partial charge is 0.343 e. The van der Waals surface area contributed by atoms with Crippen molar-refractivity contribution in [2.75, 3.05) is 20.0 Å². The summed E-state index contributed by atoms with van der Waals surface area (Å²) in [7, 11) is 2.91. The molecule has 7 nitrogen and oxygen atoms in total. The van der Waals surface area contributed by atoms with Crippen molar-refractivity contribution in [2.45, 2.75) is 6.92 Å². The number of rotatable bonds is 3. The Balaban J connectivity index is 2.17. The van der Waals surface area contributed by atoms with Gasteiger partial charge in [-0.05, 0) is 31.2 Å². The van der Waals surface area contributed by atoms with Crippen molar-refractivity contribution in [1.29, 1.82) is 0 Å². The van der Waals surface area contributed by atoms with Gasteiger partial charge in [-0.15, -0.1) is 0 Å². The highest BCUT2D eigenvalue weighted by atomic mass is 16.5. The molecule has 23 heavy (non-hydrogen) atoms. The van der Waals surface area contributed by atoms with Crippen molar-refractivity contribution in [3.05, 3.63) is 41.6 Å². The molecule has 2 N–H and O–H groups in total. The molecule has 0 aliphatic rings. The number of esters is 1. The maximum absolute atomic E-state index is 11.7. The second-order valence-electron chi connectivity index (χ2n) is 4.99. The van der Waals surface area contributed by atoms with E-state index in [4.69, 9.17) is 15.2 Å². The first kappa shape index (κ1) is 14.8. The molecule has 0 saturated heterocycles. The van der Waals surface area contributed by atoms with Crippen molar-refractivity contribution in [2.24, 2.45) is 0 Å². The third-order valence-corrected chi connectivity index (χ3v) is 3.68. The molecule has 7 heteroatoms. The van der Waals surface area contributed by atoms with Crippen LogP contribution >= 0.6 is 0 Å². The number of carbonyl (C=O) groups excluding carboxylic acids is 1. The lowest BCUT2D eigenvalue weighted by Gasteiger charge is -2.04. The zero-order valence-electron chi connectivity index (χ0n) is 13.0. The summed E-state index contributed by atoms with van der Waals surface area (Å²) in [5.41, 5.74) is 9.35. The fourth-order valence-corrected chi connectivity index (χ4v) is 2.40. The van der Waals surface area contributed by atoms with Crippen molar-refractivity contribution in [1.82, 2.24) is 14.6 Å². The van der Waals surface area contributed by atoms with Crippen LogP contribution in [0.15, 0.2) is 30.5 Å². The van der Waals surface area contributed by atoms with Gasteiger partial charge in [-0.2, -0.15) is 9.61 Å². The van der Waals surface area contributed by atoms with Crippen molar-refractivity contribution >= 4 is 17.4 Å². The van der Waals surface area contributed by atoms with E-state index in [-0.39, 0.29) is 11.4 Å². The largest absolute Gasteiger partial charge is 0.497 e. The van der Waals surface area contributed by atoms with E-state index >= 15 is 0 Å². The Hall–Kier alpha value is -3.09. The molecule has 0 aliphatic carbocycles. The SMILES string of the molecule is COC(=O)c1cnc2c(C)c(-c3ccc(OC)cc3)nn2c1N. The van der Waals surface area contributed by atoms with Crippen LogP contribution in [0.5, 0.6) is 5.75 Å². The first-order chi connectivity index (χ1) is 11.1. The Morgan fingerprint density at radius 2 is 1.91 bits per heavy atom. The minimum absolute atomic E-state index is 0.184. The van der Waals surface area contributed by atoms with Gasteiger partial charge in [-0.3, -0.25) is 0 Å². The van der Waals surface area contributed by atoms with Crippen LogP contribution < -0.4 is 10.5 Å². The molecule has 0 fully saturated rings. The number of nitrogens with zero attached hydrogens (tertiary/aromatic N) is 3. The molecule has 0 amide bonds. The number of ether oxygens (including phenoxy) is 2. The van der Waals surface area contributed by atoms with Gasteiger partial charge in [-0.1, -0.05) is 0 Å². The predicted octanol–water partition coefficient (Wildman–Crippen LogP) is 2.08. The summed E-state index contributed by atoms with van der Waals surface area (Å²) in [4.78, 5) is 16.0. The molecule has 1 aromatic carbocycles. The average Bonchev–Trinajstić information content (AvgIpc) is 2.92. The summed E-state index contributed by atoms with van der Waals surface area (Å²) in [5, 5.41) is 4.50. The molecule has 0 radical (unpaired) electrons. The molecular weight excluding hydrogens is 296 g/mol. The topological polar surface area (TPSA) is 91.7 Å². The summed E-state index contributed by atoms with van der Waals surface area (Å²) in [6, 6.07) is 7.53. The zero-order valence-corrected chi connectivity index (χ0v) is 13.0. The number of nitrogen functional groups attached to an aromatic ring is 1. The maximum Gasteiger partial charge on any atom is 0.343 e. The van der Waals surface area contributed by atoms with Crippen molar-refractivity contribution < 1.29 is 14.3 Å². The molecular formula is C16H16N4O3. The van der Waals surface area contributed by atoms with Gasteiger partial charge in [0.1, 0.15) is 17.1 Å². The molecule has 3 rings (SSSR count). The number of benzene rings is 1. The van der Waals surface area contributed by atoms with Crippen LogP contribution in [0.25, 0.3) is 16.9 Å². The van der Waals surface area contributed by atoms with Gasteiger partial charge in [0.2, 0.25) is 0 Å². The van der Waals surface area contributed by atoms with Gasteiger partial charge in [0.05, 0.1) is 19.9 Å². The number of hydrogen-bond donors (Lipinski definition) is 1. The number of anilines is 1. The average molecular weight is 312 g/mol. The second kappa shape index (κ2) is 5.60. The first-order valence-electron chi connectivity index (χ1n) is 6.93. The van der Waals surface area contributed by atoms with Gasteiger partial charge in [0.15, 0.2) is 5.65 Å². The van der Waals surface area contributed by atoms with E-state index in [0.29, 0.717) is 5.65 Å². The number of aromatic nitrogens is 3. The van der Waals surface area contributed by atoms with E-state index in [1.165, 1.54) is 17.8 Å². The highest BCUT2D eigenvalue weighted by molar-refractivity contribution is 5.94. The number of carbonyl (C=O) groups is 1. The van der Waals surface area contributed by atoms with Gasteiger partial charge in [0, 0.05) is 17.3 Å². The third kappa shape index (κ3) is 2.36. The summed E-state index contributed by atoms with van der Waals surface area (Å²) >= 11 is 0.